The Morgan fingerprint density at radius 2 is 2.04 bits per heavy atom. The van der Waals surface area contributed by atoms with Crippen molar-refractivity contribution < 1.29 is 21.6 Å². The molecule has 10 heteroatoms. The maximum absolute atomic E-state index is 13.2. The number of imidazole rings is 1. The lowest BCUT2D eigenvalue weighted by Gasteiger charge is -2.35. The molecular formula is C16H19F3N4O2S. The molecule has 2 aromatic rings. The molecule has 0 amide bonds. The third kappa shape index (κ3) is 3.36. The zero-order valence-corrected chi connectivity index (χ0v) is 15.1. The van der Waals surface area contributed by atoms with E-state index < -0.39 is 27.8 Å². The molecule has 3 rings (SSSR count). The molecule has 1 aliphatic rings. The van der Waals surface area contributed by atoms with E-state index in [1.54, 1.807) is 24.0 Å². The SMILES string of the molecule is Cc1cc(C(F)(F)F)ccc1S(=O)(=O)N1CCNCC1c1nccn1C. The summed E-state index contributed by atoms with van der Waals surface area (Å²) in [4.78, 5) is 4.11. The van der Waals surface area contributed by atoms with Crippen LogP contribution in [-0.2, 0) is 23.2 Å². The fourth-order valence-electron chi connectivity index (χ4n) is 3.13. The van der Waals surface area contributed by atoms with Crippen molar-refractivity contribution in [2.45, 2.75) is 24.0 Å². The number of alkyl halides is 3. The van der Waals surface area contributed by atoms with E-state index in [2.05, 4.69) is 10.3 Å². The maximum Gasteiger partial charge on any atom is 0.416 e. The monoisotopic (exact) mass is 388 g/mol. The van der Waals surface area contributed by atoms with Gasteiger partial charge in [-0.1, -0.05) is 0 Å². The molecule has 0 radical (unpaired) electrons. The van der Waals surface area contributed by atoms with Crippen LogP contribution < -0.4 is 5.32 Å². The van der Waals surface area contributed by atoms with E-state index in [4.69, 9.17) is 0 Å². The number of piperazine rings is 1. The van der Waals surface area contributed by atoms with Crippen molar-refractivity contribution in [3.8, 4) is 0 Å². The summed E-state index contributed by atoms with van der Waals surface area (Å²) in [5, 5.41) is 3.14. The van der Waals surface area contributed by atoms with E-state index in [0.717, 1.165) is 18.2 Å². The average Bonchev–Trinajstić information content (AvgIpc) is 2.99. The van der Waals surface area contributed by atoms with Crippen LogP contribution in [0.5, 0.6) is 0 Å². The van der Waals surface area contributed by atoms with Crippen LogP contribution in [0.25, 0.3) is 0 Å². The van der Waals surface area contributed by atoms with E-state index >= 15 is 0 Å². The topological polar surface area (TPSA) is 67.2 Å². The molecule has 1 aliphatic heterocycles. The summed E-state index contributed by atoms with van der Waals surface area (Å²) in [6.45, 7) is 2.42. The van der Waals surface area contributed by atoms with Crippen molar-refractivity contribution in [3.63, 3.8) is 0 Å². The van der Waals surface area contributed by atoms with Gasteiger partial charge in [-0.05, 0) is 30.7 Å². The molecule has 0 aliphatic carbocycles. The van der Waals surface area contributed by atoms with Crippen LogP contribution in [-0.4, -0.2) is 41.9 Å². The van der Waals surface area contributed by atoms with Crippen molar-refractivity contribution in [1.82, 2.24) is 19.2 Å². The van der Waals surface area contributed by atoms with Gasteiger partial charge in [0.25, 0.3) is 0 Å². The van der Waals surface area contributed by atoms with Gasteiger partial charge in [0.15, 0.2) is 0 Å². The molecule has 1 saturated heterocycles. The second-order valence-electron chi connectivity index (χ2n) is 6.21. The summed E-state index contributed by atoms with van der Waals surface area (Å²) in [7, 11) is -2.21. The zero-order valence-electron chi connectivity index (χ0n) is 14.3. The number of sulfonamides is 1. The maximum atomic E-state index is 13.2. The van der Waals surface area contributed by atoms with Gasteiger partial charge >= 0.3 is 6.18 Å². The van der Waals surface area contributed by atoms with Gasteiger partial charge in [-0.15, -0.1) is 0 Å². The number of hydrogen-bond acceptors (Lipinski definition) is 4. The van der Waals surface area contributed by atoms with Gasteiger partial charge in [0, 0.05) is 39.1 Å². The number of rotatable bonds is 3. The van der Waals surface area contributed by atoms with Crippen LogP contribution in [0.3, 0.4) is 0 Å². The summed E-state index contributed by atoms with van der Waals surface area (Å²) in [5.41, 5.74) is -0.799. The highest BCUT2D eigenvalue weighted by molar-refractivity contribution is 7.89. The second kappa shape index (κ2) is 6.67. The van der Waals surface area contributed by atoms with E-state index in [0.29, 0.717) is 18.9 Å². The lowest BCUT2D eigenvalue weighted by atomic mass is 10.1. The molecule has 2 heterocycles. The molecule has 6 nitrogen and oxygen atoms in total. The number of aromatic nitrogens is 2. The van der Waals surface area contributed by atoms with Gasteiger partial charge in [-0.3, -0.25) is 0 Å². The fraction of sp³-hybridized carbons (Fsp3) is 0.438. The second-order valence-corrected chi connectivity index (χ2v) is 8.07. The van der Waals surface area contributed by atoms with Crippen LogP contribution in [0.4, 0.5) is 13.2 Å². The van der Waals surface area contributed by atoms with Gasteiger partial charge < -0.3 is 9.88 Å². The Morgan fingerprint density at radius 3 is 2.62 bits per heavy atom. The quantitative estimate of drug-likeness (QED) is 0.874. The normalized spacial score (nSPS) is 19.7. The first-order valence-electron chi connectivity index (χ1n) is 8.00. The molecule has 1 unspecified atom stereocenters. The summed E-state index contributed by atoms with van der Waals surface area (Å²) in [5.74, 6) is 0.574. The first kappa shape index (κ1) is 18.9. The van der Waals surface area contributed by atoms with E-state index in [9.17, 15) is 21.6 Å². The van der Waals surface area contributed by atoms with E-state index in [-0.39, 0.29) is 17.0 Å². The van der Waals surface area contributed by atoms with Crippen LogP contribution in [0.2, 0.25) is 0 Å². The predicted octanol–water partition coefficient (Wildman–Crippen LogP) is 2.08. The van der Waals surface area contributed by atoms with Crippen molar-refractivity contribution in [3.05, 3.63) is 47.5 Å². The van der Waals surface area contributed by atoms with Crippen molar-refractivity contribution in [1.29, 1.82) is 0 Å². The predicted molar refractivity (Wildman–Crippen MR) is 88.9 cm³/mol. The number of benzene rings is 1. The molecular weight excluding hydrogens is 369 g/mol. The molecule has 1 fully saturated rings. The molecule has 26 heavy (non-hydrogen) atoms. The Kier molecular flexibility index (Phi) is 4.84. The van der Waals surface area contributed by atoms with Gasteiger partial charge in [0.2, 0.25) is 10.0 Å². The summed E-state index contributed by atoms with van der Waals surface area (Å²) in [6.07, 6.45) is -1.21. The van der Waals surface area contributed by atoms with Gasteiger partial charge in [-0.2, -0.15) is 17.5 Å². The third-order valence-electron chi connectivity index (χ3n) is 4.44. The zero-order chi connectivity index (χ0) is 19.1. The Labute approximate surface area is 149 Å². The highest BCUT2D eigenvalue weighted by Crippen LogP contribution is 2.34. The number of aryl methyl sites for hydroxylation is 2. The molecule has 142 valence electrons. The number of halogens is 3. The minimum absolute atomic E-state index is 0.0666. The molecule has 1 atom stereocenters. The minimum atomic E-state index is -4.52. The van der Waals surface area contributed by atoms with Crippen LogP contribution in [0, 0.1) is 6.92 Å². The number of nitrogens with zero attached hydrogens (tertiary/aromatic N) is 3. The average molecular weight is 388 g/mol. The molecule has 1 aromatic carbocycles. The standard InChI is InChI=1S/C16H19F3N4O2S/c1-11-9-12(16(17,18)19)3-4-14(11)26(24,25)23-8-5-20-10-13(23)15-21-6-7-22(15)2/h3-4,6-7,9,13,20H,5,8,10H2,1-2H3. The number of nitrogens with one attached hydrogen (secondary N) is 1. The van der Waals surface area contributed by atoms with E-state index in [1.807, 2.05) is 0 Å². The van der Waals surface area contributed by atoms with Gasteiger partial charge in [0.05, 0.1) is 16.5 Å². The Hall–Kier alpha value is -1.91. The summed E-state index contributed by atoms with van der Waals surface area (Å²) in [6, 6.07) is 2.17. The lowest BCUT2D eigenvalue weighted by Crippen LogP contribution is -2.49. The first-order valence-corrected chi connectivity index (χ1v) is 9.44. The van der Waals surface area contributed by atoms with Crippen molar-refractivity contribution >= 4 is 10.0 Å². The third-order valence-corrected chi connectivity index (χ3v) is 6.51. The van der Waals surface area contributed by atoms with Crippen LogP contribution in [0.1, 0.15) is 23.0 Å². The van der Waals surface area contributed by atoms with Gasteiger partial charge in [0.1, 0.15) is 5.82 Å². The highest BCUT2D eigenvalue weighted by atomic mass is 32.2. The molecule has 0 bridgehead atoms. The minimum Gasteiger partial charge on any atom is -0.337 e. The van der Waals surface area contributed by atoms with Crippen LogP contribution >= 0.6 is 0 Å². The number of hydrogen-bond donors (Lipinski definition) is 1. The smallest absolute Gasteiger partial charge is 0.337 e. The largest absolute Gasteiger partial charge is 0.416 e. The summed E-state index contributed by atoms with van der Waals surface area (Å²) < 4.78 is 68.0. The Balaban J connectivity index is 2.02. The highest BCUT2D eigenvalue weighted by Gasteiger charge is 2.38. The van der Waals surface area contributed by atoms with E-state index in [1.165, 1.54) is 11.2 Å². The first-order chi connectivity index (χ1) is 12.1. The Bertz CT molecular complexity index is 908. The van der Waals surface area contributed by atoms with Crippen molar-refractivity contribution in [2.75, 3.05) is 19.6 Å². The summed E-state index contributed by atoms with van der Waals surface area (Å²) >= 11 is 0. The molecule has 0 spiro atoms. The lowest BCUT2D eigenvalue weighted by molar-refractivity contribution is -0.137. The Morgan fingerprint density at radius 1 is 1.31 bits per heavy atom. The fourth-order valence-corrected chi connectivity index (χ4v) is 4.93. The van der Waals surface area contributed by atoms with Crippen molar-refractivity contribution in [2.24, 2.45) is 7.05 Å². The van der Waals surface area contributed by atoms with Crippen LogP contribution in [0.15, 0.2) is 35.5 Å². The molecule has 1 aromatic heterocycles. The molecule has 1 N–H and O–H groups in total. The van der Waals surface area contributed by atoms with Gasteiger partial charge in [-0.25, -0.2) is 13.4 Å². The molecule has 0 saturated carbocycles.